The molecule has 0 aromatic heterocycles. The fourth-order valence-electron chi connectivity index (χ4n) is 0.926. The van der Waals surface area contributed by atoms with E-state index in [0.29, 0.717) is 16.5 Å². The van der Waals surface area contributed by atoms with Crippen molar-refractivity contribution in [1.82, 2.24) is 0 Å². The zero-order valence-corrected chi connectivity index (χ0v) is 9.51. The molecule has 0 saturated heterocycles. The van der Waals surface area contributed by atoms with Gasteiger partial charge in [-0.3, -0.25) is 0 Å². The lowest BCUT2D eigenvalue weighted by Crippen LogP contribution is -2.09. The molecule has 4 heteroatoms. The second-order valence-corrected chi connectivity index (χ2v) is 3.37. The zero-order valence-electron chi connectivity index (χ0n) is 8.69. The van der Waals surface area contributed by atoms with E-state index < -0.39 is 0 Å². The molecule has 0 fully saturated rings. The van der Waals surface area contributed by atoms with Crippen LogP contribution in [0.15, 0.2) is 36.1 Å². The van der Waals surface area contributed by atoms with Gasteiger partial charge in [0, 0.05) is 5.57 Å². The number of hydrogen-bond acceptors (Lipinski definition) is 3. The topological polar surface area (TPSA) is 44.5 Å². The van der Waals surface area contributed by atoms with Crippen molar-refractivity contribution in [2.24, 2.45) is 5.73 Å². The summed E-state index contributed by atoms with van der Waals surface area (Å²) >= 11 is 4.79. The monoisotopic (exact) mass is 223 g/mol. The van der Waals surface area contributed by atoms with Crippen LogP contribution < -0.4 is 15.2 Å². The van der Waals surface area contributed by atoms with Crippen LogP contribution >= 0.6 is 12.2 Å². The smallest absolute Gasteiger partial charge is 0.168 e. The summed E-state index contributed by atoms with van der Waals surface area (Å²) in [4.78, 5) is 0.324. The number of ether oxygens (including phenoxy) is 2. The molecular formula is C11H13NO2S. The van der Waals surface area contributed by atoms with Crippen LogP contribution in [0.2, 0.25) is 0 Å². The Morgan fingerprint density at radius 3 is 2.47 bits per heavy atom. The van der Waals surface area contributed by atoms with Crippen LogP contribution in [0.1, 0.15) is 6.92 Å². The molecule has 0 spiro atoms. The van der Waals surface area contributed by atoms with E-state index in [-0.39, 0.29) is 0 Å². The first-order chi connectivity index (χ1) is 7.15. The number of thiocarbonyl (C=S) groups is 1. The fraction of sp³-hybridized carbons (Fsp3) is 0.182. The fourth-order valence-corrected chi connectivity index (χ4v) is 0.974. The lowest BCUT2D eigenvalue weighted by molar-refractivity contribution is 0.377. The van der Waals surface area contributed by atoms with E-state index in [1.54, 1.807) is 14.0 Å². The molecule has 0 saturated carbocycles. The minimum absolute atomic E-state index is 0.324. The highest BCUT2D eigenvalue weighted by atomic mass is 32.1. The SMILES string of the molecule is COc1ccccc1OC=C(C)C(N)=S. The summed E-state index contributed by atoms with van der Waals surface area (Å²) in [5, 5.41) is 0. The number of para-hydroxylation sites is 2. The molecule has 0 heterocycles. The largest absolute Gasteiger partial charge is 0.493 e. The minimum atomic E-state index is 0.324. The first-order valence-electron chi connectivity index (χ1n) is 4.41. The molecular weight excluding hydrogens is 210 g/mol. The average molecular weight is 223 g/mol. The van der Waals surface area contributed by atoms with Gasteiger partial charge in [-0.1, -0.05) is 24.4 Å². The molecule has 80 valence electrons. The van der Waals surface area contributed by atoms with Crippen LogP contribution in [-0.2, 0) is 0 Å². The molecule has 1 rings (SSSR count). The van der Waals surface area contributed by atoms with Gasteiger partial charge in [0.2, 0.25) is 0 Å². The molecule has 3 nitrogen and oxygen atoms in total. The Morgan fingerprint density at radius 1 is 1.33 bits per heavy atom. The second-order valence-electron chi connectivity index (χ2n) is 2.93. The number of rotatable bonds is 4. The predicted molar refractivity (Wildman–Crippen MR) is 64.2 cm³/mol. The Morgan fingerprint density at radius 2 is 1.93 bits per heavy atom. The Kier molecular flexibility index (Phi) is 4.12. The Bertz CT molecular complexity index is 388. The standard InChI is InChI=1S/C11H13NO2S/c1-8(11(12)15)7-14-10-6-4-3-5-9(10)13-2/h3-7H,1-2H3,(H2,12,15). The maximum atomic E-state index is 5.42. The van der Waals surface area contributed by atoms with Gasteiger partial charge >= 0.3 is 0 Å². The van der Waals surface area contributed by atoms with Crippen molar-refractivity contribution in [2.45, 2.75) is 6.92 Å². The van der Waals surface area contributed by atoms with Gasteiger partial charge in [-0.25, -0.2) is 0 Å². The molecule has 1 aromatic carbocycles. The van der Waals surface area contributed by atoms with Gasteiger partial charge in [0.1, 0.15) is 4.99 Å². The maximum Gasteiger partial charge on any atom is 0.168 e. The van der Waals surface area contributed by atoms with Crippen LogP contribution in [0.3, 0.4) is 0 Å². The predicted octanol–water partition coefficient (Wildman–Crippen LogP) is 2.26. The molecule has 0 aliphatic rings. The van der Waals surface area contributed by atoms with Crippen molar-refractivity contribution in [3.8, 4) is 11.5 Å². The van der Waals surface area contributed by atoms with E-state index >= 15 is 0 Å². The van der Waals surface area contributed by atoms with Crippen molar-refractivity contribution in [3.05, 3.63) is 36.1 Å². The summed E-state index contributed by atoms with van der Waals surface area (Å²) in [6.45, 7) is 1.79. The van der Waals surface area contributed by atoms with Gasteiger partial charge in [0.05, 0.1) is 13.4 Å². The summed E-state index contributed by atoms with van der Waals surface area (Å²) < 4.78 is 10.5. The van der Waals surface area contributed by atoms with E-state index in [9.17, 15) is 0 Å². The highest BCUT2D eigenvalue weighted by Gasteiger charge is 2.01. The van der Waals surface area contributed by atoms with Gasteiger partial charge in [-0.2, -0.15) is 0 Å². The third-order valence-corrected chi connectivity index (χ3v) is 2.14. The van der Waals surface area contributed by atoms with Crippen molar-refractivity contribution < 1.29 is 9.47 Å². The first-order valence-corrected chi connectivity index (χ1v) is 4.82. The third-order valence-electron chi connectivity index (χ3n) is 1.82. The highest BCUT2D eigenvalue weighted by molar-refractivity contribution is 7.80. The molecule has 0 atom stereocenters. The van der Waals surface area contributed by atoms with Crippen molar-refractivity contribution >= 4 is 17.2 Å². The van der Waals surface area contributed by atoms with Gasteiger partial charge in [-0.05, 0) is 19.1 Å². The van der Waals surface area contributed by atoms with Gasteiger partial charge in [0.15, 0.2) is 11.5 Å². The number of methoxy groups -OCH3 is 1. The number of benzene rings is 1. The summed E-state index contributed by atoms with van der Waals surface area (Å²) in [7, 11) is 1.59. The van der Waals surface area contributed by atoms with E-state index in [1.807, 2.05) is 24.3 Å². The van der Waals surface area contributed by atoms with Gasteiger partial charge < -0.3 is 15.2 Å². The van der Waals surface area contributed by atoms with E-state index in [1.165, 1.54) is 6.26 Å². The van der Waals surface area contributed by atoms with Crippen molar-refractivity contribution in [2.75, 3.05) is 7.11 Å². The molecule has 2 N–H and O–H groups in total. The molecule has 0 bridgehead atoms. The van der Waals surface area contributed by atoms with Crippen molar-refractivity contribution in [3.63, 3.8) is 0 Å². The Hall–Kier alpha value is -1.55. The molecule has 1 aromatic rings. The van der Waals surface area contributed by atoms with E-state index in [2.05, 4.69) is 0 Å². The summed E-state index contributed by atoms with van der Waals surface area (Å²) in [6.07, 6.45) is 1.51. The van der Waals surface area contributed by atoms with Gasteiger partial charge in [0.25, 0.3) is 0 Å². The average Bonchev–Trinajstić information content (AvgIpc) is 2.26. The summed E-state index contributed by atoms with van der Waals surface area (Å²) in [5.74, 6) is 1.31. The lowest BCUT2D eigenvalue weighted by atomic mass is 10.3. The molecule has 0 aliphatic heterocycles. The normalized spacial score (nSPS) is 10.9. The Balaban J connectivity index is 2.81. The molecule has 0 amide bonds. The summed E-state index contributed by atoms with van der Waals surface area (Å²) in [6, 6.07) is 7.36. The maximum absolute atomic E-state index is 5.42. The highest BCUT2D eigenvalue weighted by Crippen LogP contribution is 2.26. The van der Waals surface area contributed by atoms with Crippen LogP contribution in [0, 0.1) is 0 Å². The minimum Gasteiger partial charge on any atom is -0.493 e. The molecule has 0 unspecified atom stereocenters. The third kappa shape index (κ3) is 3.25. The lowest BCUT2D eigenvalue weighted by Gasteiger charge is -2.07. The molecule has 0 aliphatic carbocycles. The summed E-state index contributed by atoms with van der Waals surface area (Å²) in [5.41, 5.74) is 6.14. The number of nitrogens with two attached hydrogens (primary N) is 1. The Labute approximate surface area is 94.5 Å². The first kappa shape index (κ1) is 11.5. The van der Waals surface area contributed by atoms with Gasteiger partial charge in [-0.15, -0.1) is 0 Å². The molecule has 15 heavy (non-hydrogen) atoms. The quantitative estimate of drug-likeness (QED) is 0.483. The number of hydrogen-bond donors (Lipinski definition) is 1. The van der Waals surface area contributed by atoms with E-state index in [0.717, 1.165) is 5.57 Å². The second kappa shape index (κ2) is 5.36. The molecule has 0 radical (unpaired) electrons. The van der Waals surface area contributed by atoms with Crippen LogP contribution in [0.4, 0.5) is 0 Å². The van der Waals surface area contributed by atoms with Crippen LogP contribution in [0.25, 0.3) is 0 Å². The van der Waals surface area contributed by atoms with E-state index in [4.69, 9.17) is 27.4 Å². The van der Waals surface area contributed by atoms with Crippen molar-refractivity contribution in [1.29, 1.82) is 0 Å². The zero-order chi connectivity index (χ0) is 11.3. The van der Waals surface area contributed by atoms with Crippen LogP contribution in [-0.4, -0.2) is 12.1 Å². The van der Waals surface area contributed by atoms with Crippen LogP contribution in [0.5, 0.6) is 11.5 Å².